The van der Waals surface area contributed by atoms with Crippen molar-refractivity contribution in [2.75, 3.05) is 6.54 Å². The Morgan fingerprint density at radius 2 is 1.29 bits per heavy atom. The zero-order chi connectivity index (χ0) is 18.0. The van der Waals surface area contributed by atoms with Gasteiger partial charge in [0.15, 0.2) is 0 Å². The summed E-state index contributed by atoms with van der Waals surface area (Å²) < 4.78 is 52.5. The van der Waals surface area contributed by atoms with E-state index in [0.717, 1.165) is 0 Å². The number of nitrogens with zero attached hydrogens (tertiary/aromatic N) is 1. The minimum atomic E-state index is -4.22. The maximum Gasteiger partial charge on any atom is 0.256 e. The van der Waals surface area contributed by atoms with Gasteiger partial charge in [-0.1, -0.05) is 38.2 Å². The minimum Gasteiger partial charge on any atom is -0.206 e. The standard InChI is InChI=1S/C15H15BrClNO4S2/c1-2-11-18(23(19,20)14-7-3-12(16)4-8-14)24(21,22)15-9-5-13(17)6-10-15/h3-10H,2,11H2,1H3. The lowest BCUT2D eigenvalue weighted by molar-refractivity contribution is 0.495. The molecule has 0 aliphatic heterocycles. The fourth-order valence-electron chi connectivity index (χ4n) is 2.00. The van der Waals surface area contributed by atoms with Crippen molar-refractivity contribution in [1.82, 2.24) is 3.71 Å². The van der Waals surface area contributed by atoms with Gasteiger partial charge < -0.3 is 0 Å². The molecule has 0 heterocycles. The summed E-state index contributed by atoms with van der Waals surface area (Å²) in [4.78, 5) is -0.210. The molecule has 0 amide bonds. The maximum absolute atomic E-state index is 12.8. The zero-order valence-electron chi connectivity index (χ0n) is 12.7. The normalized spacial score (nSPS) is 12.5. The maximum atomic E-state index is 12.8. The summed E-state index contributed by atoms with van der Waals surface area (Å²) in [6.45, 7) is 1.56. The Hall–Kier alpha value is -0.930. The number of sulfonamides is 2. The molecule has 0 aromatic heterocycles. The van der Waals surface area contributed by atoms with E-state index in [2.05, 4.69) is 15.9 Å². The Bertz CT molecular complexity index is 835. The first-order chi connectivity index (χ1) is 11.2. The summed E-state index contributed by atoms with van der Waals surface area (Å²) in [5, 5.41) is 0.367. The average molecular weight is 453 g/mol. The minimum absolute atomic E-state index is 0.0864. The highest BCUT2D eigenvalue weighted by molar-refractivity contribution is 9.10. The van der Waals surface area contributed by atoms with E-state index in [9.17, 15) is 16.8 Å². The van der Waals surface area contributed by atoms with Gasteiger partial charge in [0.25, 0.3) is 20.0 Å². The molecule has 0 bridgehead atoms. The third-order valence-corrected chi connectivity index (χ3v) is 8.30. The van der Waals surface area contributed by atoms with Gasteiger partial charge in [-0.3, -0.25) is 0 Å². The lowest BCUT2D eigenvalue weighted by atomic mass is 10.4. The monoisotopic (exact) mass is 451 g/mol. The molecule has 0 spiro atoms. The second kappa shape index (κ2) is 7.53. The van der Waals surface area contributed by atoms with Gasteiger partial charge in [-0.2, -0.15) is 0 Å². The topological polar surface area (TPSA) is 71.5 Å². The first kappa shape index (κ1) is 19.4. The van der Waals surface area contributed by atoms with Crippen LogP contribution in [0.5, 0.6) is 0 Å². The van der Waals surface area contributed by atoms with Crippen LogP contribution in [0.2, 0.25) is 5.02 Å². The fraction of sp³-hybridized carbons (Fsp3) is 0.200. The van der Waals surface area contributed by atoms with Gasteiger partial charge in [0.05, 0.1) is 9.79 Å². The lowest BCUT2D eigenvalue weighted by Crippen LogP contribution is -2.37. The highest BCUT2D eigenvalue weighted by Crippen LogP contribution is 2.26. The van der Waals surface area contributed by atoms with Crippen LogP contribution in [0.3, 0.4) is 0 Å². The molecule has 0 atom stereocenters. The third kappa shape index (κ3) is 4.00. The van der Waals surface area contributed by atoms with Gasteiger partial charge in [-0.15, -0.1) is 0 Å². The molecule has 2 aromatic carbocycles. The van der Waals surface area contributed by atoms with Crippen molar-refractivity contribution in [3.05, 3.63) is 58.0 Å². The van der Waals surface area contributed by atoms with Crippen molar-refractivity contribution in [3.63, 3.8) is 0 Å². The van der Waals surface area contributed by atoms with E-state index < -0.39 is 20.0 Å². The van der Waals surface area contributed by atoms with Crippen molar-refractivity contribution in [2.24, 2.45) is 0 Å². The Balaban J connectivity index is 2.55. The van der Waals surface area contributed by atoms with E-state index >= 15 is 0 Å². The Morgan fingerprint density at radius 3 is 1.71 bits per heavy atom. The van der Waals surface area contributed by atoms with Gasteiger partial charge >= 0.3 is 0 Å². The smallest absolute Gasteiger partial charge is 0.206 e. The molecule has 24 heavy (non-hydrogen) atoms. The van der Waals surface area contributed by atoms with Crippen LogP contribution in [0.25, 0.3) is 0 Å². The second-order valence-electron chi connectivity index (χ2n) is 4.91. The van der Waals surface area contributed by atoms with E-state index in [0.29, 0.717) is 19.6 Å². The molecule has 2 aromatic rings. The van der Waals surface area contributed by atoms with Crippen LogP contribution >= 0.6 is 27.5 Å². The van der Waals surface area contributed by atoms with Gasteiger partial charge in [0.2, 0.25) is 0 Å². The molecule has 0 aliphatic carbocycles. The number of hydrogen-bond donors (Lipinski definition) is 0. The molecule has 2 rings (SSSR count). The molecule has 5 nitrogen and oxygen atoms in total. The average Bonchev–Trinajstić information content (AvgIpc) is 2.53. The summed E-state index contributed by atoms with van der Waals surface area (Å²) in [7, 11) is -8.43. The molecule has 0 fully saturated rings. The van der Waals surface area contributed by atoms with Crippen LogP contribution in [0.1, 0.15) is 13.3 Å². The Kier molecular flexibility index (Phi) is 6.09. The van der Waals surface area contributed by atoms with Gasteiger partial charge in [0.1, 0.15) is 0 Å². The summed E-state index contributed by atoms with van der Waals surface area (Å²) in [5.74, 6) is 0. The van der Waals surface area contributed by atoms with Crippen molar-refractivity contribution >= 4 is 47.6 Å². The molecule has 0 saturated heterocycles. The summed E-state index contributed by atoms with van der Waals surface area (Å²) in [6.07, 6.45) is 0.350. The molecule has 0 unspecified atom stereocenters. The van der Waals surface area contributed by atoms with Crippen LogP contribution in [-0.4, -0.2) is 27.1 Å². The molecule has 0 N–H and O–H groups in total. The second-order valence-corrected chi connectivity index (χ2v) is 10.2. The zero-order valence-corrected chi connectivity index (χ0v) is 16.7. The molecular weight excluding hydrogens is 438 g/mol. The van der Waals surface area contributed by atoms with Crippen LogP contribution in [0.4, 0.5) is 0 Å². The number of hydrogen-bond acceptors (Lipinski definition) is 4. The largest absolute Gasteiger partial charge is 0.256 e. The summed E-state index contributed by atoms with van der Waals surface area (Å²) in [6, 6.07) is 11.2. The van der Waals surface area contributed by atoms with Crippen LogP contribution in [0.15, 0.2) is 62.8 Å². The Morgan fingerprint density at radius 1 is 0.875 bits per heavy atom. The first-order valence-corrected chi connectivity index (χ1v) is 11.0. The number of rotatable bonds is 6. The van der Waals surface area contributed by atoms with E-state index in [1.54, 1.807) is 19.1 Å². The summed E-state index contributed by atoms with van der Waals surface area (Å²) >= 11 is 9.00. The van der Waals surface area contributed by atoms with Crippen molar-refractivity contribution < 1.29 is 16.8 Å². The van der Waals surface area contributed by atoms with Crippen molar-refractivity contribution in [3.8, 4) is 0 Å². The molecule has 130 valence electrons. The fourth-order valence-corrected chi connectivity index (χ4v) is 6.22. The van der Waals surface area contributed by atoms with Crippen molar-refractivity contribution in [1.29, 1.82) is 0 Å². The Labute approximate surface area is 155 Å². The summed E-state index contributed by atoms with van der Waals surface area (Å²) in [5.41, 5.74) is 0. The predicted molar refractivity (Wildman–Crippen MR) is 97.0 cm³/mol. The quantitative estimate of drug-likeness (QED) is 0.666. The number of benzene rings is 2. The van der Waals surface area contributed by atoms with Gasteiger partial charge in [-0.25, -0.2) is 16.8 Å². The lowest BCUT2D eigenvalue weighted by Gasteiger charge is -2.21. The van der Waals surface area contributed by atoms with Crippen LogP contribution in [0, 0.1) is 0 Å². The molecule has 0 saturated carbocycles. The molecule has 0 radical (unpaired) electrons. The van der Waals surface area contributed by atoms with E-state index in [-0.39, 0.29) is 16.3 Å². The van der Waals surface area contributed by atoms with Gasteiger partial charge in [0, 0.05) is 16.0 Å². The number of halogens is 2. The third-order valence-electron chi connectivity index (χ3n) is 3.17. The highest BCUT2D eigenvalue weighted by atomic mass is 79.9. The molecule has 0 aliphatic rings. The molecular formula is C15H15BrClNO4S2. The highest BCUT2D eigenvalue weighted by Gasteiger charge is 2.35. The predicted octanol–water partition coefficient (Wildman–Crippen LogP) is 3.89. The van der Waals surface area contributed by atoms with Crippen LogP contribution in [-0.2, 0) is 20.0 Å². The van der Waals surface area contributed by atoms with E-state index in [1.165, 1.54) is 36.4 Å². The SMILES string of the molecule is CCCN(S(=O)(=O)c1ccc(Cl)cc1)S(=O)(=O)c1ccc(Br)cc1. The molecule has 9 heteroatoms. The van der Waals surface area contributed by atoms with E-state index in [1.807, 2.05) is 0 Å². The van der Waals surface area contributed by atoms with Crippen LogP contribution < -0.4 is 0 Å². The first-order valence-electron chi connectivity index (χ1n) is 6.98. The van der Waals surface area contributed by atoms with Gasteiger partial charge in [-0.05, 0) is 55.0 Å². The van der Waals surface area contributed by atoms with E-state index in [4.69, 9.17) is 11.6 Å². The van der Waals surface area contributed by atoms with Crippen molar-refractivity contribution in [2.45, 2.75) is 23.1 Å².